The minimum absolute atomic E-state index is 0.171. The minimum Gasteiger partial charge on any atom is -0.394 e. The normalized spacial score (nSPS) is 24.2. The third-order valence-corrected chi connectivity index (χ3v) is 7.57. The predicted molar refractivity (Wildman–Crippen MR) is 131 cm³/mol. The number of alkyl halides is 3. The molecule has 0 radical (unpaired) electrons. The van der Waals surface area contributed by atoms with Crippen LogP contribution in [0.15, 0.2) is 40.6 Å². The summed E-state index contributed by atoms with van der Waals surface area (Å²) in [6.07, 6.45) is -5.42. The highest BCUT2D eigenvalue weighted by molar-refractivity contribution is 9.10. The highest BCUT2D eigenvalue weighted by atomic mass is 79.9. The van der Waals surface area contributed by atoms with E-state index in [0.717, 1.165) is 10.9 Å². The first-order valence-electron chi connectivity index (χ1n) is 10.9. The van der Waals surface area contributed by atoms with Crippen LogP contribution in [0.2, 0.25) is 5.15 Å². The van der Waals surface area contributed by atoms with Crippen LogP contribution in [0.5, 0.6) is 0 Å². The molecule has 2 N–H and O–H groups in total. The Morgan fingerprint density at radius 3 is 2.79 bits per heavy atom. The number of rotatable bonds is 6. The maximum Gasteiger partial charge on any atom is 0.435 e. The lowest BCUT2D eigenvalue weighted by Gasteiger charge is -2.43. The topological polar surface area (TPSA) is 133 Å². The van der Waals surface area contributed by atoms with E-state index in [1.165, 1.54) is 47.7 Å². The van der Waals surface area contributed by atoms with Crippen LogP contribution in [-0.2, 0) is 15.7 Å². The molecule has 5 heterocycles. The summed E-state index contributed by atoms with van der Waals surface area (Å²) < 4.78 is 55.8. The van der Waals surface area contributed by atoms with Crippen molar-refractivity contribution >= 4 is 38.9 Å². The maximum absolute atomic E-state index is 13.8. The third-order valence-electron chi connectivity index (χ3n) is 5.94. The van der Waals surface area contributed by atoms with Crippen molar-refractivity contribution in [1.82, 2.24) is 34.7 Å². The molecule has 11 nitrogen and oxygen atoms in total. The van der Waals surface area contributed by atoms with Crippen LogP contribution in [0, 0.1) is 0 Å². The molecule has 17 heteroatoms. The number of ether oxygens (including phenoxy) is 2. The van der Waals surface area contributed by atoms with E-state index in [4.69, 9.17) is 21.1 Å². The van der Waals surface area contributed by atoms with Gasteiger partial charge in [0, 0.05) is 29.4 Å². The average Bonchev–Trinajstić information content (AvgIpc) is 3.63. The van der Waals surface area contributed by atoms with Gasteiger partial charge in [-0.2, -0.15) is 18.3 Å². The molecule has 202 valence electrons. The maximum atomic E-state index is 13.8. The molecule has 0 amide bonds. The number of hydrogen-bond donors (Lipinski definition) is 2. The van der Waals surface area contributed by atoms with Crippen molar-refractivity contribution in [3.63, 3.8) is 0 Å². The molecule has 1 fully saturated rings. The van der Waals surface area contributed by atoms with Gasteiger partial charge in [-0.1, -0.05) is 16.8 Å². The van der Waals surface area contributed by atoms with Crippen LogP contribution >= 0.6 is 38.9 Å². The summed E-state index contributed by atoms with van der Waals surface area (Å²) in [7, 11) is 1.36. The van der Waals surface area contributed by atoms with E-state index in [9.17, 15) is 23.4 Å². The van der Waals surface area contributed by atoms with Crippen molar-refractivity contribution in [3.05, 3.63) is 57.1 Å². The molecule has 4 aromatic heterocycles. The Labute approximate surface area is 229 Å². The van der Waals surface area contributed by atoms with Gasteiger partial charge in [0.25, 0.3) is 0 Å². The fourth-order valence-corrected chi connectivity index (χ4v) is 5.54. The summed E-state index contributed by atoms with van der Waals surface area (Å²) in [5.74, 6) is 0. The third kappa shape index (κ3) is 4.97. The Morgan fingerprint density at radius 1 is 1.34 bits per heavy atom. The van der Waals surface area contributed by atoms with Crippen molar-refractivity contribution in [2.24, 2.45) is 0 Å². The van der Waals surface area contributed by atoms with E-state index in [1.807, 2.05) is 0 Å². The molecule has 4 aromatic rings. The van der Waals surface area contributed by atoms with Gasteiger partial charge in [0.15, 0.2) is 5.69 Å². The molecule has 5 atom stereocenters. The van der Waals surface area contributed by atoms with E-state index in [0.29, 0.717) is 15.2 Å². The molecule has 1 saturated heterocycles. The number of thiazole rings is 1. The van der Waals surface area contributed by atoms with Crippen LogP contribution in [0.4, 0.5) is 13.2 Å². The highest BCUT2D eigenvalue weighted by Gasteiger charge is 2.49. The van der Waals surface area contributed by atoms with Crippen LogP contribution in [-0.4, -0.2) is 77.0 Å². The van der Waals surface area contributed by atoms with Gasteiger partial charge in [-0.15, -0.1) is 16.4 Å². The quantitative estimate of drug-likeness (QED) is 0.326. The first kappa shape index (κ1) is 27.1. The number of nitrogens with zero attached hydrogens (tertiary/aromatic N) is 7. The second-order valence-electron chi connectivity index (χ2n) is 8.21. The fourth-order valence-electron chi connectivity index (χ4n) is 4.33. The van der Waals surface area contributed by atoms with E-state index in [1.54, 1.807) is 5.38 Å². The van der Waals surface area contributed by atoms with Crippen molar-refractivity contribution < 1.29 is 32.9 Å². The summed E-state index contributed by atoms with van der Waals surface area (Å²) in [5.41, 5.74) is -0.955. The molecule has 0 aliphatic carbocycles. The van der Waals surface area contributed by atoms with Gasteiger partial charge in [0.05, 0.1) is 24.2 Å². The van der Waals surface area contributed by atoms with Gasteiger partial charge in [-0.05, 0) is 28.1 Å². The molecular formula is C21H18BrClF3N7O4S. The summed E-state index contributed by atoms with van der Waals surface area (Å²) in [6.45, 7) is -0.589. The van der Waals surface area contributed by atoms with E-state index in [-0.39, 0.29) is 16.5 Å². The molecule has 2 unspecified atom stereocenters. The van der Waals surface area contributed by atoms with Crippen LogP contribution in [0.3, 0.4) is 0 Å². The second-order valence-corrected chi connectivity index (χ2v) is 10.4. The second kappa shape index (κ2) is 10.6. The average molecular weight is 637 g/mol. The lowest BCUT2D eigenvalue weighted by atomic mass is 9.91. The van der Waals surface area contributed by atoms with Crippen molar-refractivity contribution in [2.75, 3.05) is 13.7 Å². The van der Waals surface area contributed by atoms with Crippen LogP contribution < -0.4 is 0 Å². The zero-order valence-corrected chi connectivity index (χ0v) is 22.4. The Bertz CT molecular complexity index is 1430. The monoisotopic (exact) mass is 635 g/mol. The molecule has 38 heavy (non-hydrogen) atoms. The fraction of sp³-hybridized carbons (Fsp3) is 0.381. The SMILES string of the molecule is COC1[C@@H](n2cc(-c3nc(Cl)cs3)nn2)[C@@H](O)C(CO)O[C@H]1c1ccnn1-c1cc(Br)cnc1C(F)(F)F. The molecule has 0 spiro atoms. The number of aliphatic hydroxyl groups is 2. The molecule has 0 aromatic carbocycles. The van der Waals surface area contributed by atoms with Gasteiger partial charge >= 0.3 is 6.18 Å². The molecule has 5 rings (SSSR count). The summed E-state index contributed by atoms with van der Waals surface area (Å²) in [4.78, 5) is 7.71. The van der Waals surface area contributed by atoms with Gasteiger partial charge in [0.2, 0.25) is 0 Å². The van der Waals surface area contributed by atoms with Crippen molar-refractivity contribution in [2.45, 2.75) is 36.6 Å². The number of aromatic nitrogens is 7. The Hall–Kier alpha value is -2.47. The zero-order chi connectivity index (χ0) is 27.2. The van der Waals surface area contributed by atoms with Crippen molar-refractivity contribution in [3.8, 4) is 16.4 Å². The standard InChI is InChI=1S/C21H18BrClF3N7O4S/c1-36-18-15(32-6-10(30-31-32)20-29-14(23)8-38-20)16(35)13(7-34)37-17(18)11-2-3-28-33(11)12-4-9(22)5-27-19(12)21(24,25)26/h2-6,8,13,15-18,34-35H,7H2,1H3/t13?,15-,16-,17-,18?/m0/s1. The summed E-state index contributed by atoms with van der Waals surface area (Å²) >= 11 is 10.3. The van der Waals surface area contributed by atoms with Gasteiger partial charge in [0.1, 0.15) is 46.3 Å². The number of halogens is 5. The predicted octanol–water partition coefficient (Wildman–Crippen LogP) is 3.47. The Balaban J connectivity index is 1.58. The molecule has 1 aliphatic heterocycles. The largest absolute Gasteiger partial charge is 0.435 e. The van der Waals surface area contributed by atoms with Crippen LogP contribution in [0.1, 0.15) is 23.5 Å². The van der Waals surface area contributed by atoms with E-state index < -0.39 is 48.9 Å². The number of pyridine rings is 1. The zero-order valence-electron chi connectivity index (χ0n) is 19.2. The lowest BCUT2D eigenvalue weighted by molar-refractivity contribution is -0.216. The molecular weight excluding hydrogens is 619 g/mol. The Kier molecular flexibility index (Phi) is 7.56. The van der Waals surface area contributed by atoms with Gasteiger partial charge in [-0.3, -0.25) is 0 Å². The van der Waals surface area contributed by atoms with Gasteiger partial charge < -0.3 is 19.7 Å². The van der Waals surface area contributed by atoms with E-state index in [2.05, 4.69) is 41.3 Å². The molecule has 1 aliphatic rings. The lowest BCUT2D eigenvalue weighted by Crippen LogP contribution is -2.53. The van der Waals surface area contributed by atoms with Crippen molar-refractivity contribution in [1.29, 1.82) is 0 Å². The first-order chi connectivity index (χ1) is 18.1. The first-order valence-corrected chi connectivity index (χ1v) is 12.9. The number of methoxy groups -OCH3 is 1. The number of hydrogen-bond acceptors (Lipinski definition) is 10. The molecule has 0 bridgehead atoms. The smallest absolute Gasteiger partial charge is 0.394 e. The summed E-state index contributed by atoms with van der Waals surface area (Å²) in [5, 5.41) is 35.8. The minimum atomic E-state index is -4.77. The van der Waals surface area contributed by atoms with E-state index >= 15 is 0 Å². The molecule has 0 saturated carbocycles. The Morgan fingerprint density at radius 2 is 2.13 bits per heavy atom. The number of aliphatic hydroxyl groups excluding tert-OH is 2. The highest BCUT2D eigenvalue weighted by Crippen LogP contribution is 2.42. The van der Waals surface area contributed by atoms with Gasteiger partial charge in [-0.25, -0.2) is 19.3 Å². The summed E-state index contributed by atoms with van der Waals surface area (Å²) in [6, 6.07) is 1.74. The van der Waals surface area contributed by atoms with Crippen LogP contribution in [0.25, 0.3) is 16.4 Å².